The van der Waals surface area contributed by atoms with Crippen LogP contribution >= 0.6 is 11.6 Å². The van der Waals surface area contributed by atoms with E-state index in [1.165, 1.54) is 38.5 Å². The van der Waals surface area contributed by atoms with Crippen LogP contribution in [0.25, 0.3) is 0 Å². The number of carbonyl (C=O) groups is 1. The number of methoxy groups -OCH3 is 2. The number of hydrogen-bond acceptors (Lipinski definition) is 7. The van der Waals surface area contributed by atoms with E-state index in [1.54, 1.807) is 37.3 Å². The molecule has 2 N–H and O–H groups in total. The zero-order chi connectivity index (χ0) is 26.3. The molecule has 0 aromatic heterocycles. The minimum absolute atomic E-state index is 0.0590. The van der Waals surface area contributed by atoms with Crippen molar-refractivity contribution in [2.75, 3.05) is 37.5 Å². The van der Waals surface area contributed by atoms with Gasteiger partial charge in [0.2, 0.25) is 0 Å². The molecule has 0 fully saturated rings. The van der Waals surface area contributed by atoms with Crippen molar-refractivity contribution in [1.82, 2.24) is 0 Å². The maximum Gasteiger partial charge on any atom is 0.262 e. The number of benzene rings is 3. The normalized spacial score (nSPS) is 10.9. The SMILES string of the molecule is CCOc1ccc(NS(=O)(=O)c2ccc(OCC(=O)Nc3cc(OC)c(Cl)cc3OC)c(C)c2)cc1. The van der Waals surface area contributed by atoms with Crippen molar-refractivity contribution in [1.29, 1.82) is 0 Å². The lowest BCUT2D eigenvalue weighted by Gasteiger charge is -2.14. The molecular formula is C25H27ClN2O7S. The molecule has 0 aliphatic heterocycles. The third-order valence-corrected chi connectivity index (χ3v) is 6.66. The summed E-state index contributed by atoms with van der Waals surface area (Å²) in [6.07, 6.45) is 0. The Hall–Kier alpha value is -3.63. The summed E-state index contributed by atoms with van der Waals surface area (Å²) >= 11 is 6.09. The van der Waals surface area contributed by atoms with E-state index >= 15 is 0 Å². The highest BCUT2D eigenvalue weighted by atomic mass is 35.5. The van der Waals surface area contributed by atoms with Crippen molar-refractivity contribution in [3.63, 3.8) is 0 Å². The molecule has 11 heteroatoms. The number of hydrogen-bond donors (Lipinski definition) is 2. The van der Waals surface area contributed by atoms with Crippen LogP contribution in [0.4, 0.5) is 11.4 Å². The molecule has 0 unspecified atom stereocenters. The molecule has 0 heterocycles. The Kier molecular flexibility index (Phi) is 8.89. The molecule has 1 amide bonds. The van der Waals surface area contributed by atoms with Gasteiger partial charge in [0.1, 0.15) is 23.0 Å². The molecule has 3 rings (SSSR count). The maximum atomic E-state index is 12.8. The van der Waals surface area contributed by atoms with Crippen LogP contribution in [0.1, 0.15) is 12.5 Å². The molecule has 0 aliphatic carbocycles. The summed E-state index contributed by atoms with van der Waals surface area (Å²) in [6.45, 7) is 3.76. The molecule has 0 aliphatic rings. The molecular weight excluding hydrogens is 508 g/mol. The zero-order valence-electron chi connectivity index (χ0n) is 20.3. The fourth-order valence-corrected chi connectivity index (χ4v) is 4.61. The van der Waals surface area contributed by atoms with Crippen LogP contribution in [-0.4, -0.2) is 41.8 Å². The fraction of sp³-hybridized carbons (Fsp3) is 0.240. The van der Waals surface area contributed by atoms with Crippen molar-refractivity contribution in [3.05, 3.63) is 65.2 Å². The summed E-state index contributed by atoms with van der Waals surface area (Å²) < 4.78 is 49.5. The quantitative estimate of drug-likeness (QED) is 0.360. The molecule has 0 saturated heterocycles. The molecule has 3 aromatic carbocycles. The van der Waals surface area contributed by atoms with Gasteiger partial charge in [-0.1, -0.05) is 11.6 Å². The van der Waals surface area contributed by atoms with Crippen LogP contribution in [0.3, 0.4) is 0 Å². The minimum atomic E-state index is -3.83. The first kappa shape index (κ1) is 27.0. The molecule has 0 bridgehead atoms. The largest absolute Gasteiger partial charge is 0.495 e. The predicted molar refractivity (Wildman–Crippen MR) is 138 cm³/mol. The van der Waals surface area contributed by atoms with Crippen molar-refractivity contribution < 1.29 is 32.2 Å². The van der Waals surface area contributed by atoms with Crippen molar-refractivity contribution in [2.24, 2.45) is 0 Å². The molecule has 0 atom stereocenters. The Morgan fingerprint density at radius 3 is 2.22 bits per heavy atom. The molecule has 0 saturated carbocycles. The number of amides is 1. The highest BCUT2D eigenvalue weighted by Crippen LogP contribution is 2.36. The number of ether oxygens (including phenoxy) is 4. The lowest BCUT2D eigenvalue weighted by atomic mass is 10.2. The first-order valence-corrected chi connectivity index (χ1v) is 12.7. The molecule has 3 aromatic rings. The number of anilines is 2. The Balaban J connectivity index is 1.65. The van der Waals surface area contributed by atoms with E-state index in [2.05, 4.69) is 10.0 Å². The van der Waals surface area contributed by atoms with Crippen LogP contribution in [0.2, 0.25) is 5.02 Å². The Morgan fingerprint density at radius 2 is 1.61 bits per heavy atom. The summed E-state index contributed by atoms with van der Waals surface area (Å²) in [5, 5.41) is 3.02. The van der Waals surface area contributed by atoms with E-state index in [9.17, 15) is 13.2 Å². The molecule has 0 radical (unpaired) electrons. The van der Waals surface area contributed by atoms with Gasteiger partial charge in [0.05, 0.1) is 36.4 Å². The van der Waals surface area contributed by atoms with Gasteiger partial charge in [-0.2, -0.15) is 0 Å². The number of rotatable bonds is 11. The van der Waals surface area contributed by atoms with E-state index < -0.39 is 15.9 Å². The standard InChI is InChI=1S/C25H27ClN2O7S/c1-5-34-18-8-6-17(7-9-18)28-36(30,31)19-10-11-22(16(2)12-19)35-15-25(29)27-21-14-23(32-3)20(26)13-24(21)33-4/h6-14,28H,5,15H2,1-4H3,(H,27,29). The summed E-state index contributed by atoms with van der Waals surface area (Å²) in [4.78, 5) is 12.5. The minimum Gasteiger partial charge on any atom is -0.495 e. The fourth-order valence-electron chi connectivity index (χ4n) is 3.24. The second-order valence-electron chi connectivity index (χ2n) is 7.51. The number of nitrogens with one attached hydrogen (secondary N) is 2. The first-order valence-electron chi connectivity index (χ1n) is 10.9. The van der Waals surface area contributed by atoms with Gasteiger partial charge < -0.3 is 24.3 Å². The van der Waals surface area contributed by atoms with E-state index in [4.69, 9.17) is 30.5 Å². The van der Waals surface area contributed by atoms with E-state index in [-0.39, 0.29) is 11.5 Å². The second-order valence-corrected chi connectivity index (χ2v) is 9.60. The lowest BCUT2D eigenvalue weighted by molar-refractivity contribution is -0.118. The summed E-state index contributed by atoms with van der Waals surface area (Å²) in [6, 6.07) is 14.1. The number of sulfonamides is 1. The van der Waals surface area contributed by atoms with Gasteiger partial charge in [0.15, 0.2) is 6.61 Å². The van der Waals surface area contributed by atoms with Crippen molar-refractivity contribution >= 4 is 38.9 Å². The van der Waals surface area contributed by atoms with Crippen molar-refractivity contribution in [3.8, 4) is 23.0 Å². The van der Waals surface area contributed by atoms with Gasteiger partial charge in [-0.3, -0.25) is 9.52 Å². The van der Waals surface area contributed by atoms with E-state index in [0.29, 0.717) is 51.6 Å². The van der Waals surface area contributed by atoms with Gasteiger partial charge in [-0.25, -0.2) is 8.42 Å². The van der Waals surface area contributed by atoms with Crippen LogP contribution in [0, 0.1) is 6.92 Å². The lowest BCUT2D eigenvalue weighted by Crippen LogP contribution is -2.21. The molecule has 9 nitrogen and oxygen atoms in total. The highest BCUT2D eigenvalue weighted by Gasteiger charge is 2.17. The monoisotopic (exact) mass is 534 g/mol. The average molecular weight is 535 g/mol. The van der Waals surface area contributed by atoms with Crippen molar-refractivity contribution in [2.45, 2.75) is 18.7 Å². The average Bonchev–Trinajstić information content (AvgIpc) is 2.85. The maximum absolute atomic E-state index is 12.8. The Labute approximate surface area is 215 Å². The topological polar surface area (TPSA) is 112 Å². The summed E-state index contributed by atoms with van der Waals surface area (Å²) in [5.41, 5.74) is 1.32. The zero-order valence-corrected chi connectivity index (χ0v) is 21.8. The van der Waals surface area contributed by atoms with Crippen LogP contribution in [0.15, 0.2) is 59.5 Å². The Morgan fingerprint density at radius 1 is 0.917 bits per heavy atom. The number of halogens is 1. The second kappa shape index (κ2) is 11.9. The molecule has 0 spiro atoms. The third-order valence-electron chi connectivity index (χ3n) is 4.98. The number of carbonyl (C=O) groups excluding carboxylic acids is 1. The van der Waals surface area contributed by atoms with Crippen LogP contribution in [0.5, 0.6) is 23.0 Å². The summed E-state index contributed by atoms with van der Waals surface area (Å²) in [5.74, 6) is 1.30. The number of aryl methyl sites for hydroxylation is 1. The van der Waals surface area contributed by atoms with E-state index in [1.807, 2.05) is 6.92 Å². The van der Waals surface area contributed by atoms with E-state index in [0.717, 1.165) is 0 Å². The highest BCUT2D eigenvalue weighted by molar-refractivity contribution is 7.92. The third kappa shape index (κ3) is 6.73. The Bertz CT molecular complexity index is 1330. The first-order chi connectivity index (χ1) is 17.2. The van der Waals surface area contributed by atoms with Gasteiger partial charge in [0.25, 0.3) is 15.9 Å². The van der Waals surface area contributed by atoms with Crippen LogP contribution in [-0.2, 0) is 14.8 Å². The van der Waals surface area contributed by atoms with Crippen LogP contribution < -0.4 is 29.0 Å². The van der Waals surface area contributed by atoms with Gasteiger partial charge in [-0.15, -0.1) is 0 Å². The van der Waals surface area contributed by atoms with Gasteiger partial charge in [-0.05, 0) is 61.9 Å². The van der Waals surface area contributed by atoms with Gasteiger partial charge in [0, 0.05) is 17.8 Å². The van der Waals surface area contributed by atoms with Gasteiger partial charge >= 0.3 is 0 Å². The molecule has 36 heavy (non-hydrogen) atoms. The molecule has 192 valence electrons. The summed E-state index contributed by atoms with van der Waals surface area (Å²) in [7, 11) is -0.916. The smallest absolute Gasteiger partial charge is 0.262 e. The predicted octanol–water partition coefficient (Wildman–Crippen LogP) is 4.88.